The van der Waals surface area contributed by atoms with Gasteiger partial charge in [0.25, 0.3) is 5.91 Å². The van der Waals surface area contributed by atoms with E-state index >= 15 is 0 Å². The molecule has 4 aromatic rings. The summed E-state index contributed by atoms with van der Waals surface area (Å²) in [6.45, 7) is 2.90. The molecular formula is C26H25N5O3. The van der Waals surface area contributed by atoms with Gasteiger partial charge >= 0.3 is 0 Å². The number of hydrogen-bond donors (Lipinski definition) is 1. The number of fused-ring (bicyclic) bond motifs is 1. The molecule has 2 aromatic carbocycles. The summed E-state index contributed by atoms with van der Waals surface area (Å²) < 4.78 is 11.7. The SMILES string of the molecule is O=C(Nc1ccc2nccnc2c1)C1CN(Cc2cccc(OCc3ccccn3)c2)CCO1. The van der Waals surface area contributed by atoms with Crippen molar-refractivity contribution in [3.63, 3.8) is 0 Å². The third-order valence-corrected chi connectivity index (χ3v) is 5.60. The molecule has 0 saturated carbocycles. The number of morpholine rings is 1. The molecule has 3 heterocycles. The van der Waals surface area contributed by atoms with Gasteiger partial charge in [0.15, 0.2) is 0 Å². The molecule has 1 N–H and O–H groups in total. The standard InChI is InChI=1S/C26H25N5O3/c32-26(30-20-7-8-23-24(15-20)29-11-10-28-23)25-17-31(12-13-33-25)16-19-4-3-6-22(14-19)34-18-21-5-1-2-9-27-21/h1-11,14-15,25H,12-13,16-18H2,(H,30,32). The van der Waals surface area contributed by atoms with E-state index in [1.54, 1.807) is 18.6 Å². The van der Waals surface area contributed by atoms with Crippen LogP contribution < -0.4 is 10.1 Å². The molecule has 1 amide bonds. The van der Waals surface area contributed by atoms with Crippen LogP contribution in [0.4, 0.5) is 5.69 Å². The fraction of sp³-hybridized carbons (Fsp3) is 0.231. The maximum atomic E-state index is 12.9. The largest absolute Gasteiger partial charge is 0.487 e. The molecule has 1 aliphatic heterocycles. The average molecular weight is 456 g/mol. The number of aromatic nitrogens is 3. The summed E-state index contributed by atoms with van der Waals surface area (Å²) in [4.78, 5) is 27.9. The van der Waals surface area contributed by atoms with E-state index in [0.717, 1.165) is 34.6 Å². The number of carbonyl (C=O) groups is 1. The number of amides is 1. The Balaban J connectivity index is 1.17. The Hall–Kier alpha value is -3.88. The predicted octanol–water partition coefficient (Wildman–Crippen LogP) is 3.44. The highest BCUT2D eigenvalue weighted by Gasteiger charge is 2.27. The highest BCUT2D eigenvalue weighted by molar-refractivity contribution is 5.96. The van der Waals surface area contributed by atoms with Gasteiger partial charge in [0.2, 0.25) is 0 Å². The van der Waals surface area contributed by atoms with Crippen molar-refractivity contribution in [3.05, 3.63) is 90.5 Å². The topological polar surface area (TPSA) is 89.5 Å². The smallest absolute Gasteiger partial charge is 0.254 e. The molecule has 1 aliphatic rings. The molecule has 1 unspecified atom stereocenters. The number of ether oxygens (including phenoxy) is 2. The number of rotatable bonds is 7. The second-order valence-electron chi connectivity index (χ2n) is 8.10. The second-order valence-corrected chi connectivity index (χ2v) is 8.10. The number of carbonyl (C=O) groups excluding carboxylic acids is 1. The summed E-state index contributed by atoms with van der Waals surface area (Å²) in [5.74, 6) is 0.630. The van der Waals surface area contributed by atoms with E-state index in [-0.39, 0.29) is 5.91 Å². The molecule has 2 aromatic heterocycles. The molecule has 172 valence electrons. The van der Waals surface area contributed by atoms with Gasteiger partial charge in [-0.25, -0.2) is 0 Å². The third kappa shape index (κ3) is 5.54. The maximum Gasteiger partial charge on any atom is 0.254 e. The zero-order valence-corrected chi connectivity index (χ0v) is 18.6. The van der Waals surface area contributed by atoms with Crippen LogP contribution in [0.25, 0.3) is 11.0 Å². The van der Waals surface area contributed by atoms with Crippen molar-refractivity contribution in [2.45, 2.75) is 19.3 Å². The summed E-state index contributed by atoms with van der Waals surface area (Å²) >= 11 is 0. The van der Waals surface area contributed by atoms with Crippen LogP contribution in [0.2, 0.25) is 0 Å². The van der Waals surface area contributed by atoms with E-state index in [4.69, 9.17) is 9.47 Å². The summed E-state index contributed by atoms with van der Waals surface area (Å²) in [7, 11) is 0. The fourth-order valence-electron chi connectivity index (χ4n) is 3.90. The van der Waals surface area contributed by atoms with Crippen LogP contribution in [-0.2, 0) is 22.7 Å². The molecule has 0 bridgehead atoms. The molecule has 8 nitrogen and oxygen atoms in total. The van der Waals surface area contributed by atoms with Crippen LogP contribution in [0.1, 0.15) is 11.3 Å². The summed E-state index contributed by atoms with van der Waals surface area (Å²) in [5, 5.41) is 2.95. The van der Waals surface area contributed by atoms with Gasteiger partial charge in [0, 0.05) is 43.9 Å². The summed E-state index contributed by atoms with van der Waals surface area (Å²) in [6, 6.07) is 19.3. The van der Waals surface area contributed by atoms with Gasteiger partial charge in [-0.3, -0.25) is 24.6 Å². The molecule has 0 aliphatic carbocycles. The highest BCUT2D eigenvalue weighted by atomic mass is 16.5. The van der Waals surface area contributed by atoms with E-state index in [9.17, 15) is 4.79 Å². The first kappa shape index (κ1) is 21.9. The molecule has 34 heavy (non-hydrogen) atoms. The molecule has 0 radical (unpaired) electrons. The minimum atomic E-state index is -0.546. The molecule has 1 saturated heterocycles. The summed E-state index contributed by atoms with van der Waals surface area (Å²) in [6.07, 6.45) is 4.49. The Kier molecular flexibility index (Phi) is 6.69. The van der Waals surface area contributed by atoms with Crippen molar-refractivity contribution in [2.75, 3.05) is 25.0 Å². The van der Waals surface area contributed by atoms with Crippen LogP contribution in [0.3, 0.4) is 0 Å². The number of benzene rings is 2. The highest BCUT2D eigenvalue weighted by Crippen LogP contribution is 2.19. The molecule has 1 fully saturated rings. The Morgan fingerprint density at radius 3 is 2.79 bits per heavy atom. The van der Waals surface area contributed by atoms with Crippen molar-refractivity contribution in [2.24, 2.45) is 0 Å². The lowest BCUT2D eigenvalue weighted by atomic mass is 10.1. The first-order chi connectivity index (χ1) is 16.7. The van der Waals surface area contributed by atoms with Crippen LogP contribution >= 0.6 is 0 Å². The zero-order valence-electron chi connectivity index (χ0n) is 18.6. The van der Waals surface area contributed by atoms with Gasteiger partial charge in [-0.2, -0.15) is 0 Å². The minimum absolute atomic E-state index is 0.166. The average Bonchev–Trinajstić information content (AvgIpc) is 2.88. The molecule has 8 heteroatoms. The van der Waals surface area contributed by atoms with Crippen molar-refractivity contribution < 1.29 is 14.3 Å². The van der Waals surface area contributed by atoms with Gasteiger partial charge in [-0.05, 0) is 48.0 Å². The summed E-state index contributed by atoms with van der Waals surface area (Å²) in [5.41, 5.74) is 4.20. The molecule has 1 atom stereocenters. The normalized spacial score (nSPS) is 16.3. The van der Waals surface area contributed by atoms with E-state index < -0.39 is 6.10 Å². The van der Waals surface area contributed by atoms with Crippen molar-refractivity contribution >= 4 is 22.6 Å². The minimum Gasteiger partial charge on any atom is -0.487 e. The van der Waals surface area contributed by atoms with Gasteiger partial charge in [0.05, 0.1) is 23.3 Å². The lowest BCUT2D eigenvalue weighted by Crippen LogP contribution is -2.47. The fourth-order valence-corrected chi connectivity index (χ4v) is 3.90. The van der Waals surface area contributed by atoms with Crippen molar-refractivity contribution in [1.29, 1.82) is 0 Å². The first-order valence-corrected chi connectivity index (χ1v) is 11.2. The van der Waals surface area contributed by atoms with Gasteiger partial charge in [-0.15, -0.1) is 0 Å². The Bertz CT molecular complexity index is 1270. The number of pyridine rings is 1. The Morgan fingerprint density at radius 2 is 1.91 bits per heavy atom. The lowest BCUT2D eigenvalue weighted by molar-refractivity contribution is -0.133. The van der Waals surface area contributed by atoms with E-state index in [0.29, 0.717) is 32.0 Å². The first-order valence-electron chi connectivity index (χ1n) is 11.2. The van der Waals surface area contributed by atoms with Crippen LogP contribution in [0.5, 0.6) is 5.75 Å². The second kappa shape index (κ2) is 10.4. The van der Waals surface area contributed by atoms with E-state index in [1.807, 2.05) is 54.6 Å². The number of anilines is 1. The number of nitrogens with one attached hydrogen (secondary N) is 1. The monoisotopic (exact) mass is 455 g/mol. The van der Waals surface area contributed by atoms with Crippen LogP contribution in [0.15, 0.2) is 79.3 Å². The van der Waals surface area contributed by atoms with E-state index in [2.05, 4.69) is 31.2 Å². The van der Waals surface area contributed by atoms with Gasteiger partial charge in [0.1, 0.15) is 18.5 Å². The lowest BCUT2D eigenvalue weighted by Gasteiger charge is -2.32. The zero-order chi connectivity index (χ0) is 23.2. The number of nitrogens with zero attached hydrogens (tertiary/aromatic N) is 4. The molecule has 0 spiro atoms. The quantitative estimate of drug-likeness (QED) is 0.457. The third-order valence-electron chi connectivity index (χ3n) is 5.60. The van der Waals surface area contributed by atoms with E-state index in [1.165, 1.54) is 0 Å². The van der Waals surface area contributed by atoms with Crippen LogP contribution in [-0.4, -0.2) is 51.6 Å². The number of hydrogen-bond acceptors (Lipinski definition) is 7. The Labute approximate surface area is 197 Å². The predicted molar refractivity (Wildman–Crippen MR) is 128 cm³/mol. The molecular weight excluding hydrogens is 430 g/mol. The van der Waals surface area contributed by atoms with Gasteiger partial charge in [-0.1, -0.05) is 18.2 Å². The van der Waals surface area contributed by atoms with Crippen LogP contribution in [0, 0.1) is 0 Å². The van der Waals surface area contributed by atoms with Crippen molar-refractivity contribution in [1.82, 2.24) is 19.9 Å². The molecule has 5 rings (SSSR count). The maximum absolute atomic E-state index is 12.9. The van der Waals surface area contributed by atoms with Crippen molar-refractivity contribution in [3.8, 4) is 5.75 Å². The Morgan fingerprint density at radius 1 is 1.00 bits per heavy atom. The van der Waals surface area contributed by atoms with Gasteiger partial charge < -0.3 is 14.8 Å².